The Bertz CT molecular complexity index is 1390. The second-order valence-corrected chi connectivity index (χ2v) is 9.74. The van der Waals surface area contributed by atoms with Gasteiger partial charge in [0, 0.05) is 42.5 Å². The fourth-order valence-electron chi connectivity index (χ4n) is 5.07. The lowest BCUT2D eigenvalue weighted by Gasteiger charge is -2.60. The highest BCUT2D eigenvalue weighted by atomic mass is 16.5. The van der Waals surface area contributed by atoms with E-state index in [1.54, 1.807) is 64.8 Å². The van der Waals surface area contributed by atoms with Crippen molar-refractivity contribution < 1.29 is 14.3 Å². The van der Waals surface area contributed by atoms with Gasteiger partial charge in [-0.3, -0.25) is 14.7 Å². The molecule has 1 saturated heterocycles. The largest absolute Gasteiger partial charge is 0.495 e. The molecule has 1 aliphatic carbocycles. The van der Waals surface area contributed by atoms with Crippen molar-refractivity contribution in [3.8, 4) is 17.1 Å². The first-order valence-electron chi connectivity index (χ1n) is 12.2. The van der Waals surface area contributed by atoms with Crippen LogP contribution in [0.5, 0.6) is 5.75 Å². The van der Waals surface area contributed by atoms with E-state index in [9.17, 15) is 9.59 Å². The summed E-state index contributed by atoms with van der Waals surface area (Å²) in [5.74, 6) is 6.34. The Kier molecular flexibility index (Phi) is 6.60. The zero-order valence-electron chi connectivity index (χ0n) is 21.1. The van der Waals surface area contributed by atoms with Crippen molar-refractivity contribution in [1.29, 1.82) is 0 Å². The van der Waals surface area contributed by atoms with Gasteiger partial charge in [-0.2, -0.15) is 5.10 Å². The van der Waals surface area contributed by atoms with Gasteiger partial charge in [0.2, 0.25) is 5.91 Å². The summed E-state index contributed by atoms with van der Waals surface area (Å²) in [6, 6.07) is 12.4. The highest BCUT2D eigenvalue weighted by Gasteiger charge is 2.54. The topological polar surface area (TPSA) is 155 Å². The fourth-order valence-corrected chi connectivity index (χ4v) is 5.07. The number of likely N-dealkylation sites (tertiary alicyclic amines) is 1. The van der Waals surface area contributed by atoms with Crippen molar-refractivity contribution in [2.75, 3.05) is 25.5 Å². The molecular formula is C27H30N8O3. The molecule has 38 heavy (non-hydrogen) atoms. The number of nitrogens with zero attached hydrogens (tertiary/aromatic N) is 4. The van der Waals surface area contributed by atoms with Gasteiger partial charge in [-0.05, 0) is 49.2 Å². The van der Waals surface area contributed by atoms with E-state index in [0.717, 1.165) is 25.9 Å². The Hall–Kier alpha value is -4.64. The normalized spacial score (nSPS) is 16.4. The van der Waals surface area contributed by atoms with E-state index in [1.807, 2.05) is 0 Å². The van der Waals surface area contributed by atoms with E-state index < -0.39 is 0 Å². The van der Waals surface area contributed by atoms with E-state index in [0.29, 0.717) is 34.1 Å². The number of aromatic amines is 1. The molecule has 6 N–H and O–H groups in total. The third-order valence-electron chi connectivity index (χ3n) is 7.13. The Labute approximate surface area is 220 Å². The standard InChI is InChI=1S/C27H30N8O3/c1-3-25(36)34-15-27(16-34)12-18(13-27)35(29)14-19(28)17-7-8-22(24(11-17)38-2)32-26(37)23-6-4-5-20(31-23)21-9-10-30-33-21/h3-11,14,18H,1,12-13,15-16,28-29H2,2H3,(H,30,33)(H,32,37)/b19-14-. The average Bonchev–Trinajstić information content (AvgIpc) is 3.42. The molecule has 3 aromatic rings. The third-order valence-corrected chi connectivity index (χ3v) is 7.13. The number of anilines is 1. The minimum absolute atomic E-state index is 0.0275. The van der Waals surface area contributed by atoms with Crippen LogP contribution in [0.15, 0.2) is 67.5 Å². The van der Waals surface area contributed by atoms with E-state index in [-0.39, 0.29) is 29.0 Å². The number of carbonyl (C=O) groups is 2. The van der Waals surface area contributed by atoms with E-state index >= 15 is 0 Å². The number of pyridine rings is 1. The lowest BCUT2D eigenvalue weighted by Crippen LogP contribution is -2.67. The minimum atomic E-state index is -0.377. The molecular weight excluding hydrogens is 484 g/mol. The lowest BCUT2D eigenvalue weighted by atomic mass is 9.60. The number of hydrogen-bond acceptors (Lipinski definition) is 8. The number of methoxy groups -OCH3 is 1. The van der Waals surface area contributed by atoms with Crippen LogP contribution in [0.1, 0.15) is 28.9 Å². The molecule has 0 atom stereocenters. The van der Waals surface area contributed by atoms with Crippen LogP contribution in [-0.4, -0.2) is 63.1 Å². The first-order chi connectivity index (χ1) is 18.3. The molecule has 11 heteroatoms. The summed E-state index contributed by atoms with van der Waals surface area (Å²) < 4.78 is 5.51. The zero-order chi connectivity index (χ0) is 26.9. The predicted octanol–water partition coefficient (Wildman–Crippen LogP) is 2.34. The number of hydrogen-bond donors (Lipinski definition) is 4. The van der Waals surface area contributed by atoms with E-state index in [4.69, 9.17) is 16.3 Å². The van der Waals surface area contributed by atoms with Crippen LogP contribution in [0.2, 0.25) is 0 Å². The molecule has 0 radical (unpaired) electrons. The van der Waals surface area contributed by atoms with Gasteiger partial charge in [-0.25, -0.2) is 10.8 Å². The first-order valence-corrected chi connectivity index (χ1v) is 12.2. The predicted molar refractivity (Wildman–Crippen MR) is 143 cm³/mol. The third kappa shape index (κ3) is 4.83. The molecule has 1 aromatic carbocycles. The van der Waals surface area contributed by atoms with Crippen LogP contribution in [-0.2, 0) is 4.79 Å². The molecule has 1 saturated carbocycles. The molecule has 196 valence electrons. The molecule has 0 unspecified atom stereocenters. The molecule has 11 nitrogen and oxygen atoms in total. The van der Waals surface area contributed by atoms with Gasteiger partial charge in [0.25, 0.3) is 5.91 Å². The number of benzene rings is 1. The van der Waals surface area contributed by atoms with Crippen molar-refractivity contribution in [3.63, 3.8) is 0 Å². The summed E-state index contributed by atoms with van der Waals surface area (Å²) in [6.07, 6.45) is 6.49. The van der Waals surface area contributed by atoms with Crippen LogP contribution in [0.3, 0.4) is 0 Å². The summed E-state index contributed by atoms with van der Waals surface area (Å²) in [5, 5.41) is 11.2. The Morgan fingerprint density at radius 1 is 1.26 bits per heavy atom. The second-order valence-electron chi connectivity index (χ2n) is 9.74. The number of hydrazine groups is 1. The monoisotopic (exact) mass is 514 g/mol. The van der Waals surface area contributed by atoms with Gasteiger partial charge in [-0.1, -0.05) is 18.7 Å². The fraction of sp³-hybridized carbons (Fsp3) is 0.259. The average molecular weight is 515 g/mol. The van der Waals surface area contributed by atoms with Crippen LogP contribution < -0.4 is 21.6 Å². The summed E-state index contributed by atoms with van der Waals surface area (Å²) in [6.45, 7) is 5.03. The van der Waals surface area contributed by atoms with Crippen LogP contribution in [0.25, 0.3) is 17.1 Å². The number of nitrogens with one attached hydrogen (secondary N) is 2. The van der Waals surface area contributed by atoms with Crippen LogP contribution >= 0.6 is 0 Å². The second kappa shape index (κ2) is 10.0. The van der Waals surface area contributed by atoms with E-state index in [2.05, 4.69) is 27.1 Å². The van der Waals surface area contributed by atoms with Gasteiger partial charge in [0.1, 0.15) is 11.4 Å². The SMILES string of the molecule is C=CC(=O)N1CC2(CC(N(N)/C=C(\N)c3ccc(NC(=O)c4cccc(-c5ccn[nH]5)n4)c(OC)c3)C2)C1. The van der Waals surface area contributed by atoms with Crippen molar-refractivity contribution in [2.24, 2.45) is 17.0 Å². The quantitative estimate of drug-likeness (QED) is 0.203. The smallest absolute Gasteiger partial charge is 0.274 e. The van der Waals surface area contributed by atoms with Gasteiger partial charge in [0.15, 0.2) is 0 Å². The zero-order valence-corrected chi connectivity index (χ0v) is 21.1. The number of ether oxygens (including phenoxy) is 1. The molecule has 1 aliphatic heterocycles. The number of amides is 2. The molecule has 2 amide bonds. The molecule has 1 spiro atoms. The van der Waals surface area contributed by atoms with Crippen LogP contribution in [0.4, 0.5) is 5.69 Å². The Morgan fingerprint density at radius 2 is 2.05 bits per heavy atom. The van der Waals surface area contributed by atoms with Crippen molar-refractivity contribution in [1.82, 2.24) is 25.1 Å². The van der Waals surface area contributed by atoms with Gasteiger partial charge in [0.05, 0.1) is 29.9 Å². The van der Waals surface area contributed by atoms with Crippen LogP contribution in [0, 0.1) is 5.41 Å². The summed E-state index contributed by atoms with van der Waals surface area (Å²) in [4.78, 5) is 30.8. The van der Waals surface area contributed by atoms with Gasteiger partial charge < -0.3 is 25.7 Å². The molecule has 2 aliphatic rings. The maximum absolute atomic E-state index is 12.9. The molecule has 0 bridgehead atoms. The highest BCUT2D eigenvalue weighted by molar-refractivity contribution is 6.04. The molecule has 3 heterocycles. The number of H-pyrrole nitrogens is 1. The molecule has 5 rings (SSSR count). The van der Waals surface area contributed by atoms with Crippen molar-refractivity contribution >= 4 is 23.2 Å². The number of rotatable bonds is 8. The minimum Gasteiger partial charge on any atom is -0.495 e. The summed E-state index contributed by atoms with van der Waals surface area (Å²) in [5.41, 5.74) is 9.74. The van der Waals surface area contributed by atoms with Crippen molar-refractivity contribution in [3.05, 3.63) is 78.8 Å². The summed E-state index contributed by atoms with van der Waals surface area (Å²) in [7, 11) is 1.52. The highest BCUT2D eigenvalue weighted by Crippen LogP contribution is 2.50. The number of carbonyl (C=O) groups excluding carboxylic acids is 2. The first kappa shape index (κ1) is 25.0. The molecule has 2 fully saturated rings. The van der Waals surface area contributed by atoms with Crippen molar-refractivity contribution in [2.45, 2.75) is 18.9 Å². The number of aromatic nitrogens is 3. The maximum atomic E-state index is 12.9. The maximum Gasteiger partial charge on any atom is 0.274 e. The Morgan fingerprint density at radius 3 is 2.74 bits per heavy atom. The Balaban J connectivity index is 1.22. The van der Waals surface area contributed by atoms with Gasteiger partial charge >= 0.3 is 0 Å². The van der Waals surface area contributed by atoms with E-state index in [1.165, 1.54) is 13.2 Å². The molecule has 2 aromatic heterocycles. The van der Waals surface area contributed by atoms with Gasteiger partial charge in [-0.15, -0.1) is 0 Å². The summed E-state index contributed by atoms with van der Waals surface area (Å²) >= 11 is 0. The number of nitrogens with two attached hydrogens (primary N) is 2. The lowest BCUT2D eigenvalue weighted by molar-refractivity contribution is -0.150.